The molecule has 1 aromatic rings. The summed E-state index contributed by atoms with van der Waals surface area (Å²) in [6.45, 7) is 6.34. The van der Waals surface area contributed by atoms with Crippen LogP contribution in [0.1, 0.15) is 43.5 Å². The predicted octanol–water partition coefficient (Wildman–Crippen LogP) is 3.06. The van der Waals surface area contributed by atoms with E-state index in [1.54, 1.807) is 0 Å². The van der Waals surface area contributed by atoms with E-state index in [1.165, 1.54) is 56.6 Å². The van der Waals surface area contributed by atoms with Crippen LogP contribution >= 0.6 is 0 Å². The largest absolute Gasteiger partial charge is 0.490 e. The van der Waals surface area contributed by atoms with Crippen LogP contribution in [0.2, 0.25) is 0 Å². The van der Waals surface area contributed by atoms with Crippen molar-refractivity contribution in [2.45, 2.75) is 58.0 Å². The summed E-state index contributed by atoms with van der Waals surface area (Å²) in [6, 6.07) is 0. The third kappa shape index (κ3) is 6.49. The molecule has 0 saturated heterocycles. The molecule has 27 heavy (non-hydrogen) atoms. The number of carbonyl (C=O) groups is 1. The zero-order valence-electron chi connectivity index (χ0n) is 15.2. The average molecular weight is 389 g/mol. The Labute approximate surface area is 156 Å². The molecule has 9 heteroatoms. The molecule has 2 fully saturated rings. The summed E-state index contributed by atoms with van der Waals surface area (Å²) in [7, 11) is 0. The van der Waals surface area contributed by atoms with Crippen LogP contribution in [0.15, 0.2) is 6.33 Å². The fraction of sp³-hybridized carbons (Fsp3) is 0.778. The fourth-order valence-corrected chi connectivity index (χ4v) is 3.13. The van der Waals surface area contributed by atoms with Crippen LogP contribution in [0.3, 0.4) is 0 Å². The van der Waals surface area contributed by atoms with E-state index >= 15 is 0 Å². The lowest BCUT2D eigenvalue weighted by Gasteiger charge is -2.19. The van der Waals surface area contributed by atoms with Crippen LogP contribution in [0.4, 0.5) is 13.2 Å². The lowest BCUT2D eigenvalue weighted by atomic mass is 10.3. The predicted molar refractivity (Wildman–Crippen MR) is 90.9 cm³/mol. The van der Waals surface area contributed by atoms with Crippen molar-refractivity contribution in [2.75, 3.05) is 19.7 Å². The van der Waals surface area contributed by atoms with Gasteiger partial charge < -0.3 is 14.4 Å². The standard InChI is InChI=1S/C16H25N3O.C2HF3O2/c1-6-18(8-13-2-3-13)9-16-15(17-12-19(16)7-1)11-20-10-14-4-5-14;3-2(4,5)1(6)7/h12-14H,1-11H2;(H,6,7). The van der Waals surface area contributed by atoms with Gasteiger partial charge in [0, 0.05) is 32.8 Å². The summed E-state index contributed by atoms with van der Waals surface area (Å²) >= 11 is 0. The number of imidazole rings is 1. The maximum Gasteiger partial charge on any atom is 0.490 e. The van der Waals surface area contributed by atoms with Crippen molar-refractivity contribution in [3.8, 4) is 0 Å². The summed E-state index contributed by atoms with van der Waals surface area (Å²) in [5, 5.41) is 7.12. The Morgan fingerprint density at radius 2 is 1.89 bits per heavy atom. The highest BCUT2D eigenvalue weighted by atomic mass is 19.4. The molecule has 0 unspecified atom stereocenters. The first-order chi connectivity index (χ1) is 12.8. The summed E-state index contributed by atoms with van der Waals surface area (Å²) in [4.78, 5) is 16.1. The number of aryl methyl sites for hydroxylation is 1. The Morgan fingerprint density at radius 1 is 1.22 bits per heavy atom. The molecule has 0 spiro atoms. The first kappa shape index (κ1) is 20.1. The molecule has 0 radical (unpaired) electrons. The molecule has 2 saturated carbocycles. The lowest BCUT2D eigenvalue weighted by Crippen LogP contribution is -2.26. The van der Waals surface area contributed by atoms with Crippen LogP contribution in [0.25, 0.3) is 0 Å². The number of hydrogen-bond acceptors (Lipinski definition) is 4. The van der Waals surface area contributed by atoms with Gasteiger partial charge in [-0.1, -0.05) is 0 Å². The molecule has 0 amide bonds. The molecule has 0 aromatic carbocycles. The van der Waals surface area contributed by atoms with Gasteiger partial charge in [-0.05, 0) is 43.9 Å². The molecule has 0 bridgehead atoms. The van der Waals surface area contributed by atoms with E-state index in [0.29, 0.717) is 6.61 Å². The van der Waals surface area contributed by atoms with Gasteiger partial charge in [0.15, 0.2) is 0 Å². The molecule has 1 N–H and O–H groups in total. The second-order valence-corrected chi connectivity index (χ2v) is 7.62. The number of fused-ring (bicyclic) bond motifs is 1. The number of carboxylic acid groups (broad SMARTS) is 1. The Balaban J connectivity index is 0.000000260. The maximum atomic E-state index is 10.6. The number of aliphatic carboxylic acids is 1. The van der Waals surface area contributed by atoms with Gasteiger partial charge in [-0.2, -0.15) is 13.2 Å². The van der Waals surface area contributed by atoms with Crippen LogP contribution < -0.4 is 0 Å². The van der Waals surface area contributed by atoms with Crippen molar-refractivity contribution in [2.24, 2.45) is 11.8 Å². The summed E-state index contributed by atoms with van der Waals surface area (Å²) in [5.41, 5.74) is 2.58. The summed E-state index contributed by atoms with van der Waals surface area (Å²) in [5.74, 6) is -0.950. The van der Waals surface area contributed by atoms with Crippen LogP contribution in [-0.4, -0.2) is 51.4 Å². The van der Waals surface area contributed by atoms with Crippen LogP contribution in [0.5, 0.6) is 0 Å². The average Bonchev–Trinajstić information content (AvgIpc) is 3.49. The molecule has 1 aliphatic heterocycles. The van der Waals surface area contributed by atoms with Crippen molar-refractivity contribution in [3.05, 3.63) is 17.7 Å². The number of halogens is 3. The highest BCUT2D eigenvalue weighted by Crippen LogP contribution is 2.31. The molecule has 6 nitrogen and oxygen atoms in total. The topological polar surface area (TPSA) is 67.6 Å². The van der Waals surface area contributed by atoms with E-state index in [-0.39, 0.29) is 0 Å². The van der Waals surface area contributed by atoms with Crippen molar-refractivity contribution in [3.63, 3.8) is 0 Å². The highest BCUT2D eigenvalue weighted by Gasteiger charge is 2.38. The third-order valence-corrected chi connectivity index (χ3v) is 5.02. The van der Waals surface area contributed by atoms with E-state index < -0.39 is 12.1 Å². The second-order valence-electron chi connectivity index (χ2n) is 7.62. The molecular formula is C18H26F3N3O3. The van der Waals surface area contributed by atoms with Gasteiger partial charge >= 0.3 is 12.1 Å². The molecule has 1 aromatic heterocycles. The molecule has 0 atom stereocenters. The number of hydrogen-bond donors (Lipinski definition) is 1. The van der Waals surface area contributed by atoms with E-state index in [9.17, 15) is 13.2 Å². The Kier molecular flexibility index (Phi) is 6.41. The zero-order valence-corrected chi connectivity index (χ0v) is 15.2. The van der Waals surface area contributed by atoms with Gasteiger partial charge in [-0.15, -0.1) is 0 Å². The van der Waals surface area contributed by atoms with Gasteiger partial charge in [0.1, 0.15) is 0 Å². The minimum absolute atomic E-state index is 0.704. The molecule has 4 rings (SSSR count). The quantitative estimate of drug-likeness (QED) is 0.810. The first-order valence-electron chi connectivity index (χ1n) is 9.46. The van der Waals surface area contributed by atoms with Crippen LogP contribution in [0, 0.1) is 11.8 Å². The Bertz CT molecular complexity index is 640. The van der Waals surface area contributed by atoms with Gasteiger partial charge in [0.25, 0.3) is 0 Å². The van der Waals surface area contributed by atoms with Crippen molar-refractivity contribution >= 4 is 5.97 Å². The molecule has 152 valence electrons. The summed E-state index contributed by atoms with van der Waals surface area (Å²) in [6.07, 6.45) is 3.78. The van der Waals surface area contributed by atoms with Crippen molar-refractivity contribution < 1.29 is 27.8 Å². The maximum absolute atomic E-state index is 10.6. The number of carboxylic acids is 1. The summed E-state index contributed by atoms with van der Waals surface area (Å²) < 4.78 is 39.9. The molecule has 3 aliphatic rings. The number of rotatable bonds is 6. The van der Waals surface area contributed by atoms with Gasteiger partial charge in [-0.25, -0.2) is 9.78 Å². The molecule has 2 heterocycles. The number of alkyl halides is 3. The second kappa shape index (κ2) is 8.60. The van der Waals surface area contributed by atoms with Gasteiger partial charge in [0.2, 0.25) is 0 Å². The van der Waals surface area contributed by atoms with E-state index in [1.807, 2.05) is 6.33 Å². The van der Waals surface area contributed by atoms with Gasteiger partial charge in [-0.3, -0.25) is 4.90 Å². The van der Waals surface area contributed by atoms with Crippen molar-refractivity contribution in [1.82, 2.24) is 14.5 Å². The monoisotopic (exact) mass is 389 g/mol. The first-order valence-corrected chi connectivity index (χ1v) is 9.46. The minimum Gasteiger partial charge on any atom is -0.475 e. The number of nitrogens with zero attached hydrogens (tertiary/aromatic N) is 3. The third-order valence-electron chi connectivity index (χ3n) is 5.02. The Morgan fingerprint density at radius 3 is 2.48 bits per heavy atom. The smallest absolute Gasteiger partial charge is 0.475 e. The lowest BCUT2D eigenvalue weighted by molar-refractivity contribution is -0.192. The van der Waals surface area contributed by atoms with Crippen LogP contribution in [-0.2, 0) is 29.2 Å². The van der Waals surface area contributed by atoms with E-state index in [0.717, 1.165) is 31.5 Å². The Hall–Kier alpha value is -1.61. The van der Waals surface area contributed by atoms with Crippen molar-refractivity contribution in [1.29, 1.82) is 0 Å². The van der Waals surface area contributed by atoms with Gasteiger partial charge in [0.05, 0.1) is 24.3 Å². The minimum atomic E-state index is -5.08. The normalized spacial score (nSPS) is 20.4. The SMILES string of the molecule is O=C(O)C(F)(F)F.c1nc(COCC2CC2)c2n1CCCN(CC1CC1)C2. The molecule has 2 aliphatic carbocycles. The highest BCUT2D eigenvalue weighted by molar-refractivity contribution is 5.73. The van der Waals surface area contributed by atoms with E-state index in [4.69, 9.17) is 14.6 Å². The fourth-order valence-electron chi connectivity index (χ4n) is 3.13. The number of aromatic nitrogens is 2. The number of ether oxygens (including phenoxy) is 1. The van der Waals surface area contributed by atoms with E-state index in [2.05, 4.69) is 14.5 Å². The molecular weight excluding hydrogens is 363 g/mol. The zero-order chi connectivity index (χ0) is 19.4.